The zero-order valence-corrected chi connectivity index (χ0v) is 11.4. The summed E-state index contributed by atoms with van der Waals surface area (Å²) in [5, 5.41) is 0. The second-order valence-electron chi connectivity index (χ2n) is 4.84. The average molecular weight is 257 g/mol. The third-order valence-corrected chi connectivity index (χ3v) is 3.31. The quantitative estimate of drug-likeness (QED) is 0.715. The number of amides is 2. The highest BCUT2D eigenvalue weighted by atomic mass is 16.5. The Kier molecular flexibility index (Phi) is 5.55. The molecule has 1 aliphatic heterocycles. The predicted molar refractivity (Wildman–Crippen MR) is 67.9 cm³/mol. The summed E-state index contributed by atoms with van der Waals surface area (Å²) in [6.07, 6.45) is 0.294. The molecule has 1 saturated heterocycles. The van der Waals surface area contributed by atoms with E-state index in [0.717, 1.165) is 6.54 Å². The standard InChI is InChI=1S/C12H23N3O3/c1-9(2)14-5-6-15(10(8-14)12(13)17)11(16)4-7-18-3/h9-10H,4-8H2,1-3H3,(H2,13,17)/t10-/m0/s1. The Morgan fingerprint density at radius 1 is 1.39 bits per heavy atom. The molecule has 0 spiro atoms. The normalized spacial score (nSPS) is 21.3. The van der Waals surface area contributed by atoms with Crippen molar-refractivity contribution in [3.8, 4) is 0 Å². The van der Waals surface area contributed by atoms with Gasteiger partial charge in [0.2, 0.25) is 11.8 Å². The van der Waals surface area contributed by atoms with Crippen LogP contribution in [0.25, 0.3) is 0 Å². The third-order valence-electron chi connectivity index (χ3n) is 3.31. The summed E-state index contributed by atoms with van der Waals surface area (Å²) in [6, 6.07) is -0.173. The van der Waals surface area contributed by atoms with E-state index in [-0.39, 0.29) is 5.91 Å². The maximum Gasteiger partial charge on any atom is 0.241 e. The number of primary amides is 1. The van der Waals surface area contributed by atoms with E-state index in [2.05, 4.69) is 18.7 Å². The van der Waals surface area contributed by atoms with Crippen LogP contribution in [0, 0.1) is 0 Å². The highest BCUT2D eigenvalue weighted by Gasteiger charge is 2.34. The monoisotopic (exact) mass is 257 g/mol. The first-order valence-electron chi connectivity index (χ1n) is 6.29. The molecule has 0 bridgehead atoms. The molecule has 1 fully saturated rings. The van der Waals surface area contributed by atoms with Crippen LogP contribution in [0.1, 0.15) is 20.3 Å². The maximum absolute atomic E-state index is 12.0. The summed E-state index contributed by atoms with van der Waals surface area (Å²) in [7, 11) is 1.55. The van der Waals surface area contributed by atoms with Gasteiger partial charge in [0.25, 0.3) is 0 Å². The number of nitrogens with two attached hydrogens (primary N) is 1. The zero-order chi connectivity index (χ0) is 13.7. The summed E-state index contributed by atoms with van der Waals surface area (Å²) in [5.41, 5.74) is 5.40. The van der Waals surface area contributed by atoms with Gasteiger partial charge in [0.05, 0.1) is 13.0 Å². The molecule has 1 heterocycles. The van der Waals surface area contributed by atoms with E-state index in [0.29, 0.717) is 32.2 Å². The van der Waals surface area contributed by atoms with Gasteiger partial charge in [-0.3, -0.25) is 14.5 Å². The molecule has 104 valence electrons. The molecule has 6 nitrogen and oxygen atoms in total. The highest BCUT2D eigenvalue weighted by Crippen LogP contribution is 2.13. The van der Waals surface area contributed by atoms with Crippen LogP contribution in [0.3, 0.4) is 0 Å². The van der Waals surface area contributed by atoms with Crippen LogP contribution >= 0.6 is 0 Å². The molecular formula is C12H23N3O3. The Balaban J connectivity index is 2.67. The molecule has 0 aromatic heterocycles. The van der Waals surface area contributed by atoms with E-state index in [1.807, 2.05) is 0 Å². The van der Waals surface area contributed by atoms with Crippen molar-refractivity contribution >= 4 is 11.8 Å². The summed E-state index contributed by atoms with van der Waals surface area (Å²) in [4.78, 5) is 27.2. The van der Waals surface area contributed by atoms with E-state index < -0.39 is 11.9 Å². The number of hydrogen-bond donors (Lipinski definition) is 1. The lowest BCUT2D eigenvalue weighted by atomic mass is 10.1. The number of hydrogen-bond acceptors (Lipinski definition) is 4. The number of nitrogens with zero attached hydrogens (tertiary/aromatic N) is 2. The molecule has 2 N–H and O–H groups in total. The van der Waals surface area contributed by atoms with Gasteiger partial charge in [-0.25, -0.2) is 0 Å². The van der Waals surface area contributed by atoms with Crippen LogP contribution in [-0.2, 0) is 14.3 Å². The van der Waals surface area contributed by atoms with E-state index in [1.165, 1.54) is 0 Å². The van der Waals surface area contributed by atoms with Crippen LogP contribution in [0.2, 0.25) is 0 Å². The lowest BCUT2D eigenvalue weighted by Gasteiger charge is -2.41. The molecule has 1 aliphatic rings. The van der Waals surface area contributed by atoms with Crippen LogP contribution in [0.15, 0.2) is 0 Å². The van der Waals surface area contributed by atoms with Crippen LogP contribution in [-0.4, -0.2) is 67.0 Å². The van der Waals surface area contributed by atoms with Gasteiger partial charge < -0.3 is 15.4 Å². The van der Waals surface area contributed by atoms with E-state index >= 15 is 0 Å². The minimum atomic E-state index is -0.523. The van der Waals surface area contributed by atoms with Gasteiger partial charge >= 0.3 is 0 Å². The first-order chi connectivity index (χ1) is 8.47. The highest BCUT2D eigenvalue weighted by molar-refractivity contribution is 5.87. The fraction of sp³-hybridized carbons (Fsp3) is 0.833. The van der Waals surface area contributed by atoms with Crippen LogP contribution in [0.5, 0.6) is 0 Å². The Bertz CT molecular complexity index is 307. The lowest BCUT2D eigenvalue weighted by Crippen LogP contribution is -2.61. The fourth-order valence-corrected chi connectivity index (χ4v) is 2.15. The average Bonchev–Trinajstić information content (AvgIpc) is 2.34. The van der Waals surface area contributed by atoms with Gasteiger partial charge in [-0.2, -0.15) is 0 Å². The fourth-order valence-electron chi connectivity index (χ4n) is 2.15. The number of carbonyl (C=O) groups excluding carboxylic acids is 2. The second-order valence-corrected chi connectivity index (χ2v) is 4.84. The summed E-state index contributed by atoms with van der Waals surface area (Å²) in [6.45, 7) is 6.36. The van der Waals surface area contributed by atoms with Crippen molar-refractivity contribution in [2.75, 3.05) is 33.4 Å². The third kappa shape index (κ3) is 3.68. The topological polar surface area (TPSA) is 75.9 Å². The number of piperazine rings is 1. The van der Waals surface area contributed by atoms with Crippen molar-refractivity contribution in [1.82, 2.24) is 9.80 Å². The minimum Gasteiger partial charge on any atom is -0.384 e. The number of carbonyl (C=O) groups is 2. The lowest BCUT2D eigenvalue weighted by molar-refractivity contribution is -0.143. The molecule has 0 aromatic carbocycles. The summed E-state index contributed by atoms with van der Waals surface area (Å²) in [5.74, 6) is -0.504. The molecule has 1 rings (SSSR count). The number of rotatable bonds is 5. The SMILES string of the molecule is COCCC(=O)N1CCN(C(C)C)C[C@H]1C(N)=O. The Morgan fingerprint density at radius 2 is 2.06 bits per heavy atom. The molecule has 2 amide bonds. The molecule has 0 aliphatic carbocycles. The van der Waals surface area contributed by atoms with Crippen LogP contribution < -0.4 is 5.73 Å². The smallest absolute Gasteiger partial charge is 0.241 e. The van der Waals surface area contributed by atoms with Crippen molar-refractivity contribution in [3.63, 3.8) is 0 Å². The molecule has 0 radical (unpaired) electrons. The first kappa shape index (κ1) is 14.9. The molecule has 0 aromatic rings. The second kappa shape index (κ2) is 6.70. The van der Waals surface area contributed by atoms with Crippen molar-refractivity contribution in [2.45, 2.75) is 32.4 Å². The number of methoxy groups -OCH3 is 1. The Morgan fingerprint density at radius 3 is 2.56 bits per heavy atom. The minimum absolute atomic E-state index is 0.0657. The van der Waals surface area contributed by atoms with Gasteiger partial charge in [0, 0.05) is 32.8 Å². The van der Waals surface area contributed by atoms with Crippen molar-refractivity contribution in [2.24, 2.45) is 5.73 Å². The molecule has 0 unspecified atom stereocenters. The largest absolute Gasteiger partial charge is 0.384 e. The van der Waals surface area contributed by atoms with Crippen molar-refractivity contribution < 1.29 is 14.3 Å². The molecule has 6 heteroatoms. The van der Waals surface area contributed by atoms with Gasteiger partial charge in [-0.1, -0.05) is 0 Å². The van der Waals surface area contributed by atoms with Crippen LogP contribution in [0.4, 0.5) is 0 Å². The van der Waals surface area contributed by atoms with E-state index in [9.17, 15) is 9.59 Å². The van der Waals surface area contributed by atoms with E-state index in [1.54, 1.807) is 12.0 Å². The predicted octanol–water partition coefficient (Wildman–Crippen LogP) is -0.571. The zero-order valence-electron chi connectivity index (χ0n) is 11.4. The maximum atomic E-state index is 12.0. The Labute approximate surface area is 108 Å². The van der Waals surface area contributed by atoms with Gasteiger partial charge in [0.1, 0.15) is 6.04 Å². The van der Waals surface area contributed by atoms with Gasteiger partial charge in [-0.05, 0) is 13.8 Å². The van der Waals surface area contributed by atoms with E-state index in [4.69, 9.17) is 10.5 Å². The molecule has 18 heavy (non-hydrogen) atoms. The summed E-state index contributed by atoms with van der Waals surface area (Å²) >= 11 is 0. The molecular weight excluding hydrogens is 234 g/mol. The molecule has 0 saturated carbocycles. The molecule has 1 atom stereocenters. The van der Waals surface area contributed by atoms with Gasteiger partial charge in [-0.15, -0.1) is 0 Å². The van der Waals surface area contributed by atoms with Crippen molar-refractivity contribution in [1.29, 1.82) is 0 Å². The summed E-state index contributed by atoms with van der Waals surface area (Å²) < 4.78 is 4.88. The van der Waals surface area contributed by atoms with Gasteiger partial charge in [0.15, 0.2) is 0 Å². The van der Waals surface area contributed by atoms with Crippen molar-refractivity contribution in [3.05, 3.63) is 0 Å². The Hall–Kier alpha value is -1.14. The first-order valence-corrected chi connectivity index (χ1v) is 6.29. The number of ether oxygens (including phenoxy) is 1.